The van der Waals surface area contributed by atoms with E-state index in [2.05, 4.69) is 4.99 Å². The molecule has 2 fully saturated rings. The number of hydrogen-bond acceptors (Lipinski definition) is 3. The molecule has 1 N–H and O–H groups in total. The number of halogens is 3. The van der Waals surface area contributed by atoms with E-state index in [1.807, 2.05) is 27.7 Å². The van der Waals surface area contributed by atoms with Crippen molar-refractivity contribution in [2.45, 2.75) is 39.9 Å². The normalized spacial score (nSPS) is 23.5. The predicted octanol–water partition coefficient (Wildman–Crippen LogP) is 4.60. The molecule has 33 heavy (non-hydrogen) atoms. The third-order valence-corrected chi connectivity index (χ3v) is 7.67. The molecule has 7 nitrogen and oxygen atoms in total. The van der Waals surface area contributed by atoms with Crippen molar-refractivity contribution in [1.29, 1.82) is 0 Å². The van der Waals surface area contributed by atoms with Crippen LogP contribution in [-0.2, 0) is 6.18 Å². The van der Waals surface area contributed by atoms with Crippen LogP contribution in [0.15, 0.2) is 35.5 Å². The average molecular weight is 483 g/mol. The van der Waals surface area contributed by atoms with Crippen LogP contribution in [0.25, 0.3) is 5.69 Å². The van der Waals surface area contributed by atoms with Crippen LogP contribution in [0.1, 0.15) is 31.2 Å². The Labute approximate surface area is 192 Å². The van der Waals surface area contributed by atoms with Crippen LogP contribution in [0.4, 0.5) is 22.8 Å². The van der Waals surface area contributed by atoms with Crippen molar-refractivity contribution in [2.75, 3.05) is 19.6 Å². The molecule has 3 heterocycles. The second-order valence-electron chi connectivity index (χ2n) is 9.65. The van der Waals surface area contributed by atoms with Gasteiger partial charge in [0.05, 0.1) is 11.6 Å². The number of nitrogens with zero attached hydrogens (tertiary/aromatic N) is 4. The van der Waals surface area contributed by atoms with Crippen LogP contribution < -0.4 is 4.80 Å². The number of benzene rings is 1. The lowest BCUT2D eigenvalue weighted by molar-refractivity contribution is -0.137. The van der Waals surface area contributed by atoms with E-state index in [0.29, 0.717) is 23.6 Å². The maximum Gasteiger partial charge on any atom is 0.416 e. The molecule has 2 saturated heterocycles. The van der Waals surface area contributed by atoms with Gasteiger partial charge in [0.25, 0.3) is 0 Å². The van der Waals surface area contributed by atoms with Gasteiger partial charge >= 0.3 is 18.3 Å². The molecule has 2 aliphatic rings. The van der Waals surface area contributed by atoms with E-state index in [-0.39, 0.29) is 23.4 Å². The average Bonchev–Trinajstić information content (AvgIpc) is 3.19. The number of aromatic nitrogens is 1. The highest BCUT2D eigenvalue weighted by Gasteiger charge is 2.65. The molecule has 0 aliphatic carbocycles. The van der Waals surface area contributed by atoms with Gasteiger partial charge in [-0.25, -0.2) is 9.59 Å². The number of thiazole rings is 1. The minimum Gasteiger partial charge on any atom is -0.465 e. The number of alkyl halides is 3. The molecule has 0 bridgehead atoms. The molecule has 2 aliphatic heterocycles. The van der Waals surface area contributed by atoms with Crippen LogP contribution in [0.2, 0.25) is 0 Å². The molecular weight excluding hydrogens is 457 g/mol. The Morgan fingerprint density at radius 3 is 2.33 bits per heavy atom. The van der Waals surface area contributed by atoms with E-state index in [9.17, 15) is 27.9 Å². The molecule has 11 heteroatoms. The Balaban J connectivity index is 1.63. The Hall–Kier alpha value is -2.82. The maximum absolute atomic E-state index is 13.1. The maximum atomic E-state index is 13.1. The summed E-state index contributed by atoms with van der Waals surface area (Å²) in [7, 11) is 0. The summed E-state index contributed by atoms with van der Waals surface area (Å²) in [5.74, 6) is 0. The summed E-state index contributed by atoms with van der Waals surface area (Å²) in [6, 6.07) is 3.89. The summed E-state index contributed by atoms with van der Waals surface area (Å²) in [6.07, 6.45) is -3.71. The monoisotopic (exact) mass is 482 g/mol. The minimum absolute atomic E-state index is 0.210. The first-order valence-electron chi connectivity index (χ1n) is 10.4. The van der Waals surface area contributed by atoms with Gasteiger partial charge in [-0.1, -0.05) is 20.8 Å². The van der Waals surface area contributed by atoms with E-state index in [0.717, 1.165) is 17.0 Å². The smallest absolute Gasteiger partial charge is 0.416 e. The fraction of sp³-hybridized carbons (Fsp3) is 0.500. The summed E-state index contributed by atoms with van der Waals surface area (Å²) in [5.41, 5.74) is -0.844. The number of carbonyl (C=O) groups excluding carboxylic acids is 1. The quantitative estimate of drug-likeness (QED) is 0.646. The van der Waals surface area contributed by atoms with Crippen molar-refractivity contribution in [2.24, 2.45) is 15.8 Å². The van der Waals surface area contributed by atoms with Gasteiger partial charge in [-0.3, -0.25) is 4.57 Å². The van der Waals surface area contributed by atoms with Gasteiger partial charge < -0.3 is 14.9 Å². The van der Waals surface area contributed by atoms with Crippen molar-refractivity contribution in [1.82, 2.24) is 14.4 Å². The Morgan fingerprint density at radius 2 is 1.79 bits per heavy atom. The molecule has 2 aromatic rings. The zero-order chi connectivity index (χ0) is 24.3. The number of amides is 3. The highest BCUT2D eigenvalue weighted by Crippen LogP contribution is 2.54. The third kappa shape index (κ3) is 3.92. The zero-order valence-electron chi connectivity index (χ0n) is 18.7. The zero-order valence-corrected chi connectivity index (χ0v) is 19.5. The van der Waals surface area contributed by atoms with Crippen LogP contribution in [0, 0.1) is 17.8 Å². The second kappa shape index (κ2) is 7.61. The van der Waals surface area contributed by atoms with Crippen molar-refractivity contribution < 1.29 is 27.9 Å². The van der Waals surface area contributed by atoms with Crippen molar-refractivity contribution in [3.8, 4) is 5.69 Å². The minimum atomic E-state index is -4.43. The summed E-state index contributed by atoms with van der Waals surface area (Å²) in [4.78, 5) is 33.1. The first kappa shape index (κ1) is 23.3. The van der Waals surface area contributed by atoms with E-state index < -0.39 is 23.9 Å². The molecule has 1 aromatic heterocycles. The second-order valence-corrected chi connectivity index (χ2v) is 10.9. The first-order chi connectivity index (χ1) is 15.2. The molecule has 0 unspecified atom stereocenters. The Bertz CT molecular complexity index is 1160. The number of rotatable bonds is 1. The van der Waals surface area contributed by atoms with Gasteiger partial charge in [0.2, 0.25) is 0 Å². The topological polar surface area (TPSA) is 78.1 Å². The van der Waals surface area contributed by atoms with Crippen molar-refractivity contribution in [3.63, 3.8) is 0 Å². The summed E-state index contributed by atoms with van der Waals surface area (Å²) in [6.45, 7) is 8.99. The van der Waals surface area contributed by atoms with Crippen LogP contribution in [0.3, 0.4) is 0 Å². The van der Waals surface area contributed by atoms with Gasteiger partial charge in [-0.2, -0.15) is 18.2 Å². The largest absolute Gasteiger partial charge is 0.465 e. The van der Waals surface area contributed by atoms with Gasteiger partial charge in [-0.15, -0.1) is 11.3 Å². The molecule has 4 rings (SSSR count). The van der Waals surface area contributed by atoms with Crippen molar-refractivity contribution in [3.05, 3.63) is 45.7 Å². The van der Waals surface area contributed by atoms with Gasteiger partial charge in [0.15, 0.2) is 4.80 Å². The lowest BCUT2D eigenvalue weighted by Gasteiger charge is -2.58. The number of fused-ring (bicyclic) bond motifs is 1. The lowest BCUT2D eigenvalue weighted by Crippen LogP contribution is -2.70. The molecular formula is C22H25F3N4O3S. The molecule has 0 spiro atoms. The molecule has 0 radical (unpaired) electrons. The summed E-state index contributed by atoms with van der Waals surface area (Å²) in [5, 5.41) is 9.48. The SMILES string of the molecule is Cc1cn(-c2ccc(C(F)(F)F)cc2)c(=NC(=O)N2C[C@@H]3N(C(=O)O)C[C@]3(C(C)(C)C)C2)s1. The van der Waals surface area contributed by atoms with E-state index >= 15 is 0 Å². The standard InChI is InChI=1S/C22H25F3N4O3S/c1-13-9-28(15-7-5-14(6-8-15)22(23,24)25)18(33-13)26-17(30)27-10-16-21(11-27,20(2,3)4)12-29(16)19(31)32/h5-9,16H,10-12H2,1-4H3,(H,31,32)/t16-,21+/m0/s1. The fourth-order valence-electron chi connectivity index (χ4n) is 4.75. The number of aryl methyl sites for hydroxylation is 1. The molecule has 1 aromatic carbocycles. The highest BCUT2D eigenvalue weighted by atomic mass is 32.1. The number of urea groups is 1. The van der Waals surface area contributed by atoms with Crippen LogP contribution in [-0.4, -0.2) is 57.3 Å². The van der Waals surface area contributed by atoms with Gasteiger partial charge in [0.1, 0.15) is 0 Å². The van der Waals surface area contributed by atoms with E-state index in [1.165, 1.54) is 28.4 Å². The number of hydrogen-bond donors (Lipinski definition) is 1. The number of carbonyl (C=O) groups is 2. The van der Waals surface area contributed by atoms with Gasteiger partial charge in [-0.05, 0) is 36.6 Å². The Kier molecular flexibility index (Phi) is 5.38. The third-order valence-electron chi connectivity index (χ3n) is 6.78. The number of carboxylic acid groups (broad SMARTS) is 1. The summed E-state index contributed by atoms with van der Waals surface area (Å²) < 4.78 is 40.3. The van der Waals surface area contributed by atoms with Crippen LogP contribution >= 0.6 is 11.3 Å². The first-order valence-corrected chi connectivity index (χ1v) is 11.2. The molecule has 2 atom stereocenters. The van der Waals surface area contributed by atoms with Crippen LogP contribution in [0.5, 0.6) is 0 Å². The molecule has 178 valence electrons. The lowest BCUT2D eigenvalue weighted by atomic mass is 9.58. The highest BCUT2D eigenvalue weighted by molar-refractivity contribution is 7.09. The summed E-state index contributed by atoms with van der Waals surface area (Å²) >= 11 is 1.26. The molecule has 3 amide bonds. The van der Waals surface area contributed by atoms with E-state index in [1.54, 1.807) is 15.7 Å². The predicted molar refractivity (Wildman–Crippen MR) is 116 cm³/mol. The molecule has 0 saturated carbocycles. The van der Waals surface area contributed by atoms with E-state index in [4.69, 9.17) is 0 Å². The fourth-order valence-corrected chi connectivity index (χ4v) is 5.58. The Morgan fingerprint density at radius 1 is 1.15 bits per heavy atom. The van der Waals surface area contributed by atoms with Crippen molar-refractivity contribution >= 4 is 23.5 Å². The van der Waals surface area contributed by atoms with Gasteiger partial charge in [0, 0.05) is 41.8 Å². The number of likely N-dealkylation sites (tertiary alicyclic amines) is 2.